The van der Waals surface area contributed by atoms with Crippen molar-refractivity contribution in [2.45, 2.75) is 12.2 Å². The third-order valence-corrected chi connectivity index (χ3v) is 4.45. The second-order valence-electron chi connectivity index (χ2n) is 4.24. The summed E-state index contributed by atoms with van der Waals surface area (Å²) in [5, 5.41) is 5.97. The van der Waals surface area contributed by atoms with Gasteiger partial charge >= 0.3 is 0 Å². The van der Waals surface area contributed by atoms with Crippen LogP contribution in [0.25, 0.3) is 11.1 Å². The van der Waals surface area contributed by atoms with Crippen LogP contribution in [0.2, 0.25) is 0 Å². The fourth-order valence-corrected chi connectivity index (χ4v) is 2.39. The molecule has 1 aromatic carbocycles. The van der Waals surface area contributed by atoms with Crippen LogP contribution in [0.15, 0.2) is 30.3 Å². The Balaban J connectivity index is 2.60. The summed E-state index contributed by atoms with van der Waals surface area (Å²) in [6.45, 7) is 1.62. The van der Waals surface area contributed by atoms with Crippen molar-refractivity contribution >= 4 is 15.7 Å². The van der Waals surface area contributed by atoms with Crippen LogP contribution < -0.4 is 5.73 Å². The minimum atomic E-state index is -3.20. The number of anilines is 1. The van der Waals surface area contributed by atoms with Crippen LogP contribution in [0.3, 0.4) is 0 Å². The van der Waals surface area contributed by atoms with Crippen molar-refractivity contribution in [3.8, 4) is 11.1 Å². The molecule has 2 aromatic rings. The molecule has 0 amide bonds. The first-order valence-electron chi connectivity index (χ1n) is 5.49. The third-order valence-electron chi connectivity index (χ3n) is 2.93. The van der Waals surface area contributed by atoms with E-state index in [4.69, 9.17) is 5.73 Å². The van der Waals surface area contributed by atoms with E-state index >= 15 is 0 Å². The summed E-state index contributed by atoms with van der Waals surface area (Å²) in [4.78, 5) is 0. The summed E-state index contributed by atoms with van der Waals surface area (Å²) in [5.74, 6) is 0.312. The number of nitrogen functional groups attached to an aromatic ring is 1. The topological polar surface area (TPSA) is 88.8 Å². The van der Waals surface area contributed by atoms with E-state index in [0.29, 0.717) is 17.1 Å². The average molecular weight is 265 g/mol. The highest BCUT2D eigenvalue weighted by atomic mass is 32.2. The van der Waals surface area contributed by atoms with Gasteiger partial charge in [0.2, 0.25) is 0 Å². The van der Waals surface area contributed by atoms with E-state index < -0.39 is 15.1 Å². The van der Waals surface area contributed by atoms with Crippen LogP contribution >= 0.6 is 0 Å². The normalized spacial score (nSPS) is 13.4. The van der Waals surface area contributed by atoms with Gasteiger partial charge in [-0.1, -0.05) is 30.3 Å². The molecule has 0 aliphatic carbocycles. The van der Waals surface area contributed by atoms with Crippen LogP contribution in [0.1, 0.15) is 17.9 Å². The largest absolute Gasteiger partial charge is 0.382 e. The lowest BCUT2D eigenvalue weighted by atomic mass is 10.0. The minimum absolute atomic E-state index is 0.312. The molecule has 6 heteroatoms. The molecule has 18 heavy (non-hydrogen) atoms. The first kappa shape index (κ1) is 12.6. The van der Waals surface area contributed by atoms with Crippen molar-refractivity contribution in [3.63, 3.8) is 0 Å². The number of benzene rings is 1. The maximum absolute atomic E-state index is 11.6. The van der Waals surface area contributed by atoms with Gasteiger partial charge in [0, 0.05) is 11.8 Å². The molecular formula is C12H15N3O2S. The molecule has 1 aromatic heterocycles. The Morgan fingerprint density at radius 3 is 2.44 bits per heavy atom. The highest BCUT2D eigenvalue weighted by Crippen LogP contribution is 2.33. The second-order valence-corrected chi connectivity index (χ2v) is 6.60. The average Bonchev–Trinajstić information content (AvgIpc) is 2.70. The minimum Gasteiger partial charge on any atom is -0.382 e. The summed E-state index contributed by atoms with van der Waals surface area (Å²) in [5.41, 5.74) is 7.86. The smallest absolute Gasteiger partial charge is 0.155 e. The molecule has 0 saturated carbocycles. The van der Waals surface area contributed by atoms with Crippen LogP contribution in [0, 0.1) is 0 Å². The molecule has 1 unspecified atom stereocenters. The molecule has 1 heterocycles. The van der Waals surface area contributed by atoms with E-state index in [1.54, 1.807) is 6.92 Å². The van der Waals surface area contributed by atoms with Gasteiger partial charge in [-0.3, -0.25) is 5.10 Å². The summed E-state index contributed by atoms with van der Waals surface area (Å²) in [6.07, 6.45) is 1.20. The zero-order valence-corrected chi connectivity index (χ0v) is 11.0. The number of rotatable bonds is 3. The first-order chi connectivity index (χ1) is 8.41. The Morgan fingerprint density at radius 1 is 1.28 bits per heavy atom. The Labute approximate surface area is 106 Å². The van der Waals surface area contributed by atoms with Crippen molar-refractivity contribution in [1.82, 2.24) is 10.2 Å². The van der Waals surface area contributed by atoms with Gasteiger partial charge in [0.25, 0.3) is 0 Å². The van der Waals surface area contributed by atoms with Crippen LogP contribution in [0.4, 0.5) is 5.82 Å². The number of aromatic nitrogens is 2. The van der Waals surface area contributed by atoms with Crippen molar-refractivity contribution in [2.24, 2.45) is 0 Å². The lowest BCUT2D eigenvalue weighted by molar-refractivity contribution is 0.591. The van der Waals surface area contributed by atoms with Crippen molar-refractivity contribution in [3.05, 3.63) is 36.0 Å². The number of hydrogen-bond acceptors (Lipinski definition) is 4. The molecule has 0 radical (unpaired) electrons. The molecule has 0 bridgehead atoms. The van der Waals surface area contributed by atoms with Gasteiger partial charge in [0.1, 0.15) is 5.25 Å². The molecule has 0 aliphatic heterocycles. The summed E-state index contributed by atoms with van der Waals surface area (Å²) in [7, 11) is -3.20. The number of aromatic amines is 1. The lowest BCUT2D eigenvalue weighted by Gasteiger charge is -2.10. The van der Waals surface area contributed by atoms with Gasteiger partial charge in [-0.05, 0) is 12.5 Å². The number of nitrogens with one attached hydrogen (secondary N) is 1. The third kappa shape index (κ3) is 2.24. The van der Waals surface area contributed by atoms with E-state index in [9.17, 15) is 8.42 Å². The van der Waals surface area contributed by atoms with Crippen molar-refractivity contribution in [1.29, 1.82) is 0 Å². The fourth-order valence-electron chi connectivity index (χ4n) is 1.79. The zero-order chi connectivity index (χ0) is 13.3. The predicted molar refractivity (Wildman–Crippen MR) is 71.7 cm³/mol. The van der Waals surface area contributed by atoms with Gasteiger partial charge < -0.3 is 5.73 Å². The van der Waals surface area contributed by atoms with Gasteiger partial charge in [-0.25, -0.2) is 8.42 Å². The molecule has 96 valence electrons. The second kappa shape index (κ2) is 4.45. The zero-order valence-electron chi connectivity index (χ0n) is 10.2. The van der Waals surface area contributed by atoms with E-state index in [0.717, 1.165) is 5.56 Å². The van der Waals surface area contributed by atoms with Crippen molar-refractivity contribution < 1.29 is 8.42 Å². The number of nitrogens with two attached hydrogens (primary N) is 1. The molecule has 0 saturated heterocycles. The maximum Gasteiger partial charge on any atom is 0.155 e. The molecule has 0 spiro atoms. The van der Waals surface area contributed by atoms with Crippen LogP contribution in [-0.2, 0) is 9.84 Å². The predicted octanol–water partition coefficient (Wildman–Crippen LogP) is 1.76. The van der Waals surface area contributed by atoms with Crippen molar-refractivity contribution in [2.75, 3.05) is 12.0 Å². The molecule has 3 N–H and O–H groups in total. The van der Waals surface area contributed by atoms with Crippen LogP contribution in [-0.4, -0.2) is 24.9 Å². The first-order valence-corrected chi connectivity index (χ1v) is 7.44. The Hall–Kier alpha value is -1.82. The summed E-state index contributed by atoms with van der Waals surface area (Å²) >= 11 is 0. The quantitative estimate of drug-likeness (QED) is 0.885. The van der Waals surface area contributed by atoms with Gasteiger partial charge in [0.15, 0.2) is 15.7 Å². The molecule has 0 fully saturated rings. The maximum atomic E-state index is 11.6. The van der Waals surface area contributed by atoms with Gasteiger partial charge in [0.05, 0.1) is 5.69 Å². The number of sulfone groups is 1. The summed E-state index contributed by atoms with van der Waals surface area (Å²) < 4.78 is 23.3. The Bertz CT molecular complexity index is 647. The van der Waals surface area contributed by atoms with E-state index in [-0.39, 0.29) is 0 Å². The monoisotopic (exact) mass is 265 g/mol. The fraction of sp³-hybridized carbons (Fsp3) is 0.250. The SMILES string of the molecule is CC(c1[nH]nc(N)c1-c1ccccc1)S(C)(=O)=O. The van der Waals surface area contributed by atoms with E-state index in [1.807, 2.05) is 30.3 Å². The number of nitrogens with zero attached hydrogens (tertiary/aromatic N) is 1. The highest BCUT2D eigenvalue weighted by Gasteiger charge is 2.24. The van der Waals surface area contributed by atoms with Gasteiger partial charge in [-0.2, -0.15) is 5.10 Å². The van der Waals surface area contributed by atoms with Crippen LogP contribution in [0.5, 0.6) is 0 Å². The molecule has 2 rings (SSSR count). The number of H-pyrrole nitrogens is 1. The van der Waals surface area contributed by atoms with E-state index in [2.05, 4.69) is 10.2 Å². The Kier molecular flexibility index (Phi) is 3.13. The Morgan fingerprint density at radius 2 is 1.89 bits per heavy atom. The standard InChI is InChI=1S/C12H15N3O2S/c1-8(18(2,16)17)11-10(12(13)15-14-11)9-6-4-3-5-7-9/h3-8H,1-2H3,(H3,13,14,15). The van der Waals surface area contributed by atoms with Gasteiger partial charge in [-0.15, -0.1) is 0 Å². The molecule has 0 aliphatic rings. The molecule has 1 atom stereocenters. The molecular weight excluding hydrogens is 250 g/mol. The van der Waals surface area contributed by atoms with E-state index in [1.165, 1.54) is 6.26 Å². The molecule has 5 nitrogen and oxygen atoms in total. The number of hydrogen-bond donors (Lipinski definition) is 2. The summed E-state index contributed by atoms with van der Waals surface area (Å²) in [6, 6.07) is 9.38. The lowest BCUT2D eigenvalue weighted by Crippen LogP contribution is -2.09. The highest BCUT2D eigenvalue weighted by molar-refractivity contribution is 7.90.